The van der Waals surface area contributed by atoms with Crippen LogP contribution in [0.3, 0.4) is 0 Å². The molecule has 0 fully saturated rings. The van der Waals surface area contributed by atoms with E-state index in [9.17, 15) is 8.78 Å². The van der Waals surface area contributed by atoms with Crippen LogP contribution in [-0.4, -0.2) is 75.7 Å². The highest BCUT2D eigenvalue weighted by Gasteiger charge is 2.25. The molecule has 0 spiro atoms. The van der Waals surface area contributed by atoms with E-state index in [1.807, 2.05) is 181 Å². The summed E-state index contributed by atoms with van der Waals surface area (Å²) in [7, 11) is 0. The molecule has 16 nitrogen and oxygen atoms in total. The molecule has 0 bridgehead atoms. The number of hydrogen-bond donors (Lipinski definition) is 0. The van der Waals surface area contributed by atoms with Gasteiger partial charge in [-0.15, -0.1) is 0 Å². The third kappa shape index (κ3) is 15.5. The fourth-order valence-electron chi connectivity index (χ4n) is 17.8. The highest BCUT2D eigenvalue weighted by atomic mass is 35.5. The van der Waals surface area contributed by atoms with Crippen LogP contribution in [0.2, 0.25) is 5.02 Å². The van der Waals surface area contributed by atoms with Gasteiger partial charge in [0.05, 0.1) is 71.5 Å². The summed E-state index contributed by atoms with van der Waals surface area (Å²) in [5, 5.41) is 5.35. The first-order valence-electron chi connectivity index (χ1n) is 41.7. The minimum Gasteiger partial charge on any atom is -0.326 e. The molecule has 0 N–H and O–H groups in total. The topological polar surface area (TPSA) is 140 Å². The van der Waals surface area contributed by atoms with Gasteiger partial charge in [0, 0.05) is 126 Å². The maximum absolute atomic E-state index is 14.1. The monoisotopic (exact) mass is 1670 g/mol. The Kier molecular flexibility index (Phi) is 21.0. The van der Waals surface area contributed by atoms with Crippen molar-refractivity contribution >= 4 is 77.8 Å². The summed E-state index contributed by atoms with van der Waals surface area (Å²) in [4.78, 5) is 35.2. The molecule has 0 aliphatic heterocycles. The van der Waals surface area contributed by atoms with Crippen LogP contribution in [0.1, 0.15) is 68.7 Å². The largest absolute Gasteiger partial charge is 0.326 e. The molecule has 127 heavy (non-hydrogen) atoms. The zero-order chi connectivity index (χ0) is 85.1. The highest BCUT2D eigenvalue weighted by molar-refractivity contribution is 6.30. The van der Waals surface area contributed by atoms with Crippen LogP contribution < -0.4 is 0 Å². The molecule has 610 valence electrons. The predicted octanol–water partition coefficient (Wildman–Crippen LogP) is 24.9. The van der Waals surface area contributed by atoms with Crippen LogP contribution >= 0.6 is 11.6 Å². The average Bonchev–Trinajstić information content (AvgIpc) is 1.55. The van der Waals surface area contributed by atoms with Gasteiger partial charge in [0.1, 0.15) is 34.2 Å². The predicted molar refractivity (Wildman–Crippen MR) is 501 cm³/mol. The van der Waals surface area contributed by atoms with Gasteiger partial charge in [-0.3, -0.25) is 17.6 Å². The second-order valence-corrected chi connectivity index (χ2v) is 31.6. The highest BCUT2D eigenvalue weighted by Crippen LogP contribution is 2.42. The Balaban J connectivity index is 0.000000103. The zero-order valence-corrected chi connectivity index (χ0v) is 69.0. The van der Waals surface area contributed by atoms with Crippen molar-refractivity contribution in [2.24, 2.45) is 0 Å². The number of aromatic nitrogens is 16. The summed E-state index contributed by atoms with van der Waals surface area (Å²) < 4.78 is 44.6. The minimum absolute atomic E-state index is 0.0127. The van der Waals surface area contributed by atoms with Crippen LogP contribution in [0.5, 0.6) is 0 Å². The van der Waals surface area contributed by atoms with Crippen molar-refractivity contribution in [2.75, 3.05) is 0 Å². The quantitative estimate of drug-likeness (QED) is 0.0931. The van der Waals surface area contributed by atoms with E-state index in [0.717, 1.165) is 111 Å². The van der Waals surface area contributed by atoms with Crippen LogP contribution in [0.4, 0.5) is 8.78 Å². The Morgan fingerprint density at radius 1 is 0.220 bits per heavy atom. The summed E-state index contributed by atoms with van der Waals surface area (Å²) in [6.07, 6.45) is 37.7. The van der Waals surface area contributed by atoms with Gasteiger partial charge in [-0.2, -0.15) is 0 Å². The summed E-state index contributed by atoms with van der Waals surface area (Å²) in [5.74, 6) is -0.496. The first kappa shape index (κ1) is 77.7. The van der Waals surface area contributed by atoms with Crippen LogP contribution in [0.25, 0.3) is 111 Å². The molecule has 24 aromatic rings. The standard InChI is InChI=1S/C27H19ClN4.2C27H19FN4.C27H20N4/c28-22-9-6-20(7-10-22)27(31-14-12-29-18-31)21-8-11-25-24(16-21)23(19-4-2-1-3-5-19)17-26-30-13-15-32(25)26;28-22-8-4-7-20(15-22)27(31-13-11-29-18-31)21-9-10-25-24(16-21)23(19-5-2-1-3-6-19)17-26-30-12-14-32(25)26;28-22-9-6-20(7-10-22)27(31-14-12-29-18-31)21-8-11-25-24(16-21)23(19-4-2-1-3-5-19)17-26-30-13-15-32(25)26;1-3-7-20(8-4-1)23-18-26-29-14-16-31(26)25-12-11-22(17-24(23)25)27(30-15-13-28-19-30)21-9-5-2-6-10-21/h3*1-18,27H;1-19,27H. The Hall–Kier alpha value is -16.6. The number of pyridine rings is 4. The smallest absolute Gasteiger partial charge is 0.137 e. The molecule has 0 aliphatic rings. The van der Waals surface area contributed by atoms with Crippen molar-refractivity contribution < 1.29 is 8.78 Å². The van der Waals surface area contributed by atoms with Gasteiger partial charge in [0.15, 0.2) is 0 Å². The van der Waals surface area contributed by atoms with Gasteiger partial charge in [-0.05, 0) is 198 Å². The lowest BCUT2D eigenvalue weighted by molar-refractivity contribution is 0.615. The van der Waals surface area contributed by atoms with Gasteiger partial charge in [-0.1, -0.05) is 224 Å². The number of rotatable bonds is 16. The van der Waals surface area contributed by atoms with Crippen LogP contribution in [-0.2, 0) is 0 Å². The van der Waals surface area contributed by atoms with Crippen LogP contribution in [0.15, 0.2) is 446 Å². The molecule has 0 aliphatic carbocycles. The first-order chi connectivity index (χ1) is 62.7. The number of halogens is 3. The summed E-state index contributed by atoms with van der Waals surface area (Å²) >= 11 is 6.17. The zero-order valence-electron chi connectivity index (χ0n) is 68.2. The van der Waals surface area contributed by atoms with E-state index in [-0.39, 0.29) is 35.8 Å². The van der Waals surface area contributed by atoms with Crippen molar-refractivity contribution in [1.29, 1.82) is 0 Å². The maximum atomic E-state index is 14.1. The van der Waals surface area contributed by atoms with Crippen molar-refractivity contribution in [2.45, 2.75) is 24.2 Å². The van der Waals surface area contributed by atoms with Crippen molar-refractivity contribution in [3.05, 3.63) is 507 Å². The molecule has 0 saturated carbocycles. The minimum atomic E-state index is -0.251. The molecular formula is C108H77ClF2N16. The molecule has 24 rings (SSSR count). The lowest BCUT2D eigenvalue weighted by Crippen LogP contribution is -2.11. The molecule has 0 amide bonds. The third-order valence-electron chi connectivity index (χ3n) is 23.6. The van der Waals surface area contributed by atoms with E-state index >= 15 is 0 Å². The molecule has 4 atom stereocenters. The summed E-state index contributed by atoms with van der Waals surface area (Å²) in [5.41, 5.74) is 26.2. The van der Waals surface area contributed by atoms with E-state index in [0.29, 0.717) is 0 Å². The van der Waals surface area contributed by atoms with E-state index in [2.05, 4.69) is 285 Å². The molecule has 0 saturated heterocycles. The normalized spacial score (nSPS) is 12.4. The molecule has 0 radical (unpaired) electrons. The Morgan fingerprint density at radius 2 is 0.480 bits per heavy atom. The van der Waals surface area contributed by atoms with E-state index in [1.165, 1.54) is 67.9 Å². The van der Waals surface area contributed by atoms with Crippen molar-refractivity contribution in [3.8, 4) is 44.5 Å². The molecule has 12 heterocycles. The number of benzene rings is 12. The van der Waals surface area contributed by atoms with Gasteiger partial charge in [-0.25, -0.2) is 48.7 Å². The van der Waals surface area contributed by atoms with Gasteiger partial charge >= 0.3 is 0 Å². The van der Waals surface area contributed by atoms with E-state index in [1.54, 1.807) is 37.2 Å². The van der Waals surface area contributed by atoms with Crippen molar-refractivity contribution in [3.63, 3.8) is 0 Å². The Morgan fingerprint density at radius 3 is 0.772 bits per heavy atom. The van der Waals surface area contributed by atoms with Gasteiger partial charge in [0.25, 0.3) is 0 Å². The van der Waals surface area contributed by atoms with E-state index in [4.69, 9.17) is 11.6 Å². The Bertz CT molecular complexity index is 7690. The maximum Gasteiger partial charge on any atom is 0.137 e. The summed E-state index contributed by atoms with van der Waals surface area (Å²) in [6.45, 7) is 0. The molecular weight excluding hydrogens is 1590 g/mol. The number of nitrogens with zero attached hydrogens (tertiary/aromatic N) is 16. The second kappa shape index (κ2) is 34.4. The van der Waals surface area contributed by atoms with Gasteiger partial charge in [0.2, 0.25) is 0 Å². The lowest BCUT2D eigenvalue weighted by atomic mass is 9.94. The number of hydrogen-bond acceptors (Lipinski definition) is 8. The first-order valence-corrected chi connectivity index (χ1v) is 42.1. The van der Waals surface area contributed by atoms with Gasteiger partial charge < -0.3 is 18.3 Å². The van der Waals surface area contributed by atoms with E-state index < -0.39 is 0 Å². The number of imidazole rings is 8. The molecule has 19 heteroatoms. The fourth-order valence-corrected chi connectivity index (χ4v) is 17.9. The average molecular weight is 1670 g/mol. The fraction of sp³-hybridized carbons (Fsp3) is 0.0370. The third-order valence-corrected chi connectivity index (χ3v) is 23.8. The Labute approximate surface area is 733 Å². The molecule has 4 unspecified atom stereocenters. The number of fused-ring (bicyclic) bond motifs is 12. The lowest BCUT2D eigenvalue weighted by Gasteiger charge is -2.21. The SMILES string of the molecule is Clc1ccc(C(c2ccc3c(c2)c(-c2ccccc2)cc2nccn23)n2ccnc2)cc1.Fc1ccc(C(c2ccc3c(c2)c(-c2ccccc2)cc2nccn23)n2ccnc2)cc1.Fc1cccc(C(c2ccc3c(c2)c(-c2ccccc2)cc2nccn23)n2ccnc2)c1.c1ccc(-c2cc3nccn3c3ccc(C(c4ccccc4)n4ccnc4)cc23)cc1. The summed E-state index contributed by atoms with van der Waals surface area (Å²) in [6, 6.07) is 108. The molecule has 12 aromatic heterocycles. The second-order valence-electron chi connectivity index (χ2n) is 31.1. The molecule has 12 aromatic carbocycles. The van der Waals surface area contributed by atoms with Crippen LogP contribution in [0, 0.1) is 11.6 Å². The van der Waals surface area contributed by atoms with Crippen molar-refractivity contribution in [1.82, 2.24) is 75.7 Å².